The Balaban J connectivity index is 3.27. The van der Waals surface area contributed by atoms with E-state index in [1.54, 1.807) is 0 Å². The molecule has 0 atom stereocenters. The van der Waals surface area contributed by atoms with Crippen molar-refractivity contribution in [3.8, 4) is 5.75 Å². The molecule has 0 aliphatic heterocycles. The van der Waals surface area contributed by atoms with Gasteiger partial charge in [0.25, 0.3) is 5.69 Å². The third kappa shape index (κ3) is 2.81. The van der Waals surface area contributed by atoms with Gasteiger partial charge in [0, 0.05) is 6.07 Å². The molecule has 0 aromatic heterocycles. The molecular weight excluding hydrogens is 302 g/mol. The van der Waals surface area contributed by atoms with E-state index in [9.17, 15) is 27.7 Å². The van der Waals surface area contributed by atoms with Crippen molar-refractivity contribution in [3.05, 3.63) is 32.5 Å². The van der Waals surface area contributed by atoms with E-state index in [0.717, 1.165) is 6.07 Å². The number of hydrogen-bond acceptors (Lipinski definition) is 3. The van der Waals surface area contributed by atoms with Gasteiger partial charge < -0.3 is 4.74 Å². The highest BCUT2D eigenvalue weighted by Gasteiger charge is 2.35. The van der Waals surface area contributed by atoms with Gasteiger partial charge in [-0.05, 0) is 22.0 Å². The predicted octanol–water partition coefficient (Wildman–Crippen LogP) is 3.39. The molecule has 0 saturated carbocycles. The number of hydrogen-bond donors (Lipinski definition) is 0. The van der Waals surface area contributed by atoms with Crippen LogP contribution in [0.2, 0.25) is 0 Å². The van der Waals surface area contributed by atoms with E-state index < -0.39 is 33.0 Å². The molecular formula is C7H2BrF4NO3. The molecule has 0 aliphatic rings. The summed E-state index contributed by atoms with van der Waals surface area (Å²) in [6, 6.07) is 1.24. The Morgan fingerprint density at radius 3 is 2.38 bits per heavy atom. The largest absolute Gasteiger partial charge is 0.573 e. The first kappa shape index (κ1) is 12.7. The van der Waals surface area contributed by atoms with E-state index in [2.05, 4.69) is 20.7 Å². The lowest BCUT2D eigenvalue weighted by Gasteiger charge is -2.10. The van der Waals surface area contributed by atoms with Gasteiger partial charge in [-0.2, -0.15) is 0 Å². The van der Waals surface area contributed by atoms with Crippen LogP contribution in [0.25, 0.3) is 0 Å². The summed E-state index contributed by atoms with van der Waals surface area (Å²) in [4.78, 5) is 9.40. The highest BCUT2D eigenvalue weighted by atomic mass is 79.9. The molecule has 0 aliphatic carbocycles. The lowest BCUT2D eigenvalue weighted by atomic mass is 10.3. The van der Waals surface area contributed by atoms with E-state index in [1.165, 1.54) is 0 Å². The average Bonchev–Trinajstić information content (AvgIpc) is 2.10. The van der Waals surface area contributed by atoms with E-state index in [-0.39, 0.29) is 0 Å². The molecule has 4 nitrogen and oxygen atoms in total. The standard InChI is InChI=1S/C7H2BrF4NO3/c8-5-4(13(14)15)2-1-3(9)6(5)16-7(10,11)12/h1-2H. The summed E-state index contributed by atoms with van der Waals surface area (Å²) in [5.41, 5.74) is -0.722. The van der Waals surface area contributed by atoms with E-state index in [4.69, 9.17) is 0 Å². The van der Waals surface area contributed by atoms with E-state index in [1.807, 2.05) is 0 Å². The maximum absolute atomic E-state index is 12.9. The molecule has 0 amide bonds. The first-order chi connectivity index (χ1) is 7.22. The van der Waals surface area contributed by atoms with Gasteiger partial charge in [0.05, 0.1) is 4.92 Å². The van der Waals surface area contributed by atoms with Crippen LogP contribution >= 0.6 is 15.9 Å². The summed E-state index contributed by atoms with van der Waals surface area (Å²) in [7, 11) is 0. The third-order valence-electron chi connectivity index (χ3n) is 1.44. The number of benzene rings is 1. The number of nitrogens with zero attached hydrogens (tertiary/aromatic N) is 1. The fourth-order valence-corrected chi connectivity index (χ4v) is 1.42. The highest BCUT2D eigenvalue weighted by Crippen LogP contribution is 2.38. The molecule has 0 heterocycles. The molecule has 0 spiro atoms. The fraction of sp³-hybridized carbons (Fsp3) is 0.143. The van der Waals surface area contributed by atoms with Crippen molar-refractivity contribution in [2.75, 3.05) is 0 Å². The minimum Gasteiger partial charge on any atom is -0.401 e. The molecule has 0 radical (unpaired) electrons. The zero-order valence-electron chi connectivity index (χ0n) is 7.22. The van der Waals surface area contributed by atoms with Crippen LogP contribution in [0.4, 0.5) is 23.2 Å². The molecule has 88 valence electrons. The van der Waals surface area contributed by atoms with Crippen LogP contribution in [0.1, 0.15) is 0 Å². The van der Waals surface area contributed by atoms with Crippen LogP contribution in [0.3, 0.4) is 0 Å². The Kier molecular flexibility index (Phi) is 3.36. The van der Waals surface area contributed by atoms with Crippen molar-refractivity contribution in [1.29, 1.82) is 0 Å². The number of nitro benzene ring substituents is 1. The van der Waals surface area contributed by atoms with Crippen LogP contribution in [0, 0.1) is 15.9 Å². The molecule has 1 aromatic carbocycles. The summed E-state index contributed by atoms with van der Waals surface area (Å²) in [5.74, 6) is -2.61. The zero-order chi connectivity index (χ0) is 12.5. The second-order valence-electron chi connectivity index (χ2n) is 2.51. The van der Waals surface area contributed by atoms with Gasteiger partial charge in [-0.3, -0.25) is 10.1 Å². The van der Waals surface area contributed by atoms with Crippen molar-refractivity contribution in [2.45, 2.75) is 6.36 Å². The molecule has 0 unspecified atom stereocenters. The number of alkyl halides is 3. The SMILES string of the molecule is O=[N+]([O-])c1ccc(F)c(OC(F)(F)F)c1Br. The summed E-state index contributed by atoms with van der Waals surface area (Å²) in [6.45, 7) is 0. The molecule has 1 aromatic rings. The first-order valence-electron chi connectivity index (χ1n) is 3.60. The molecule has 9 heteroatoms. The van der Waals surface area contributed by atoms with Crippen molar-refractivity contribution < 1.29 is 27.2 Å². The van der Waals surface area contributed by atoms with Crippen molar-refractivity contribution in [1.82, 2.24) is 0 Å². The van der Waals surface area contributed by atoms with Crippen LogP contribution in [0.15, 0.2) is 16.6 Å². The summed E-state index contributed by atoms with van der Waals surface area (Å²) in [5, 5.41) is 10.4. The van der Waals surface area contributed by atoms with Crippen molar-refractivity contribution in [3.63, 3.8) is 0 Å². The average molecular weight is 304 g/mol. The number of nitro groups is 1. The minimum atomic E-state index is -5.13. The van der Waals surface area contributed by atoms with Crippen LogP contribution in [-0.2, 0) is 0 Å². The van der Waals surface area contributed by atoms with Crippen molar-refractivity contribution >= 4 is 21.6 Å². The smallest absolute Gasteiger partial charge is 0.401 e. The summed E-state index contributed by atoms with van der Waals surface area (Å²) < 4.78 is 51.1. The quantitative estimate of drug-likeness (QED) is 0.478. The van der Waals surface area contributed by atoms with Gasteiger partial charge in [0.1, 0.15) is 4.47 Å². The third-order valence-corrected chi connectivity index (χ3v) is 2.21. The van der Waals surface area contributed by atoms with Gasteiger partial charge in [0.2, 0.25) is 0 Å². The van der Waals surface area contributed by atoms with Crippen molar-refractivity contribution in [2.24, 2.45) is 0 Å². The van der Waals surface area contributed by atoms with Gasteiger partial charge in [-0.15, -0.1) is 13.2 Å². The van der Waals surface area contributed by atoms with Crippen LogP contribution in [0.5, 0.6) is 5.75 Å². The first-order valence-corrected chi connectivity index (χ1v) is 4.40. The predicted molar refractivity (Wildman–Crippen MR) is 47.4 cm³/mol. The number of ether oxygens (including phenoxy) is 1. The lowest BCUT2D eigenvalue weighted by Crippen LogP contribution is -2.18. The Hall–Kier alpha value is -1.38. The van der Waals surface area contributed by atoms with Gasteiger partial charge >= 0.3 is 6.36 Å². The lowest BCUT2D eigenvalue weighted by molar-refractivity contribution is -0.386. The normalized spacial score (nSPS) is 11.3. The molecule has 0 fully saturated rings. The monoisotopic (exact) mass is 303 g/mol. The molecule has 0 N–H and O–H groups in total. The fourth-order valence-electron chi connectivity index (χ4n) is 0.872. The molecule has 0 saturated heterocycles. The molecule has 0 bridgehead atoms. The zero-order valence-corrected chi connectivity index (χ0v) is 8.80. The van der Waals surface area contributed by atoms with Gasteiger partial charge in [-0.25, -0.2) is 4.39 Å². The maximum Gasteiger partial charge on any atom is 0.573 e. The van der Waals surface area contributed by atoms with Gasteiger partial charge in [0.15, 0.2) is 11.6 Å². The second-order valence-corrected chi connectivity index (χ2v) is 3.31. The summed E-state index contributed by atoms with van der Waals surface area (Å²) in [6.07, 6.45) is -5.13. The van der Waals surface area contributed by atoms with Gasteiger partial charge in [-0.1, -0.05) is 0 Å². The number of halogens is 5. The molecule has 16 heavy (non-hydrogen) atoms. The Morgan fingerprint density at radius 2 is 1.94 bits per heavy atom. The van der Waals surface area contributed by atoms with E-state index in [0.29, 0.717) is 6.07 Å². The Morgan fingerprint density at radius 1 is 1.38 bits per heavy atom. The summed E-state index contributed by atoms with van der Waals surface area (Å²) >= 11 is 2.48. The Bertz CT molecular complexity index is 434. The Labute approximate surface area is 94.1 Å². The highest BCUT2D eigenvalue weighted by molar-refractivity contribution is 9.10. The minimum absolute atomic E-state index is 0.518. The van der Waals surface area contributed by atoms with Crippen LogP contribution < -0.4 is 4.74 Å². The maximum atomic E-state index is 12.9. The molecule has 1 rings (SSSR count). The van der Waals surface area contributed by atoms with E-state index >= 15 is 0 Å². The van der Waals surface area contributed by atoms with Crippen LogP contribution in [-0.4, -0.2) is 11.3 Å². The topological polar surface area (TPSA) is 52.4 Å². The number of rotatable bonds is 2. The second kappa shape index (κ2) is 4.24.